The molecule has 2 aromatic rings. The van der Waals surface area contributed by atoms with Gasteiger partial charge in [-0.15, -0.1) is 0 Å². The summed E-state index contributed by atoms with van der Waals surface area (Å²) in [5.41, 5.74) is 2.00. The summed E-state index contributed by atoms with van der Waals surface area (Å²) in [4.78, 5) is 0. The first-order valence-corrected chi connectivity index (χ1v) is 6.26. The van der Waals surface area contributed by atoms with E-state index in [-0.39, 0.29) is 0 Å². The van der Waals surface area contributed by atoms with Crippen LogP contribution in [-0.2, 0) is 0 Å². The maximum Gasteiger partial charge on any atom is 0.126 e. The molecule has 98 valence electrons. The van der Waals surface area contributed by atoms with Gasteiger partial charge in [-0.1, -0.05) is 35.9 Å². The normalized spacial score (nSPS) is 10.7. The molecule has 0 aromatic heterocycles. The highest BCUT2D eigenvalue weighted by atomic mass is 35.5. The van der Waals surface area contributed by atoms with Crippen LogP contribution in [0.2, 0.25) is 5.02 Å². The molecule has 2 nitrogen and oxygen atoms in total. The summed E-state index contributed by atoms with van der Waals surface area (Å²) in [6.07, 6.45) is 3.97. The molecule has 0 amide bonds. The topological polar surface area (TPSA) is 18.5 Å². The Bertz CT molecular complexity index is 591. The molecular weight excluding hydrogens is 260 g/mol. The van der Waals surface area contributed by atoms with Crippen LogP contribution in [0.25, 0.3) is 12.2 Å². The van der Waals surface area contributed by atoms with Crippen molar-refractivity contribution in [1.29, 1.82) is 0 Å². The Labute approximate surface area is 118 Å². The number of methoxy groups -OCH3 is 2. The van der Waals surface area contributed by atoms with Crippen molar-refractivity contribution in [3.63, 3.8) is 0 Å². The first-order valence-electron chi connectivity index (χ1n) is 5.88. The predicted molar refractivity (Wildman–Crippen MR) is 79.9 cm³/mol. The minimum atomic E-state index is 0.722. The third kappa shape index (κ3) is 3.52. The van der Waals surface area contributed by atoms with Gasteiger partial charge < -0.3 is 9.47 Å². The van der Waals surface area contributed by atoms with Crippen LogP contribution in [0.4, 0.5) is 0 Å². The van der Waals surface area contributed by atoms with Gasteiger partial charge in [0.2, 0.25) is 0 Å². The lowest BCUT2D eigenvalue weighted by Crippen LogP contribution is -1.89. The fourth-order valence-corrected chi connectivity index (χ4v) is 1.96. The molecule has 0 aliphatic rings. The van der Waals surface area contributed by atoms with E-state index in [1.165, 1.54) is 0 Å². The molecule has 2 rings (SSSR count). The largest absolute Gasteiger partial charge is 0.497 e. The van der Waals surface area contributed by atoms with Crippen LogP contribution >= 0.6 is 11.6 Å². The van der Waals surface area contributed by atoms with Gasteiger partial charge in [-0.3, -0.25) is 0 Å². The number of halogens is 1. The highest BCUT2D eigenvalue weighted by Gasteiger charge is 2.01. The third-order valence-electron chi connectivity index (χ3n) is 2.74. The van der Waals surface area contributed by atoms with Crippen molar-refractivity contribution in [2.45, 2.75) is 0 Å². The maximum atomic E-state index is 5.95. The molecule has 2 aromatic carbocycles. The van der Waals surface area contributed by atoms with Crippen LogP contribution in [0.1, 0.15) is 11.1 Å². The van der Waals surface area contributed by atoms with Crippen LogP contribution in [0.3, 0.4) is 0 Å². The van der Waals surface area contributed by atoms with E-state index < -0.39 is 0 Å². The Kier molecular flexibility index (Phi) is 4.48. The average molecular weight is 275 g/mol. The summed E-state index contributed by atoms with van der Waals surface area (Å²) < 4.78 is 10.5. The smallest absolute Gasteiger partial charge is 0.126 e. The molecule has 0 fully saturated rings. The molecule has 0 saturated carbocycles. The lowest BCUT2D eigenvalue weighted by atomic mass is 10.1. The second-order valence-electron chi connectivity index (χ2n) is 4.00. The number of benzene rings is 2. The van der Waals surface area contributed by atoms with Crippen molar-refractivity contribution in [2.75, 3.05) is 14.2 Å². The van der Waals surface area contributed by atoms with Crippen LogP contribution < -0.4 is 9.47 Å². The number of ether oxygens (including phenoxy) is 2. The van der Waals surface area contributed by atoms with E-state index in [9.17, 15) is 0 Å². The number of hydrogen-bond acceptors (Lipinski definition) is 2. The van der Waals surface area contributed by atoms with Gasteiger partial charge in [0, 0.05) is 10.6 Å². The molecule has 0 N–H and O–H groups in total. The third-order valence-corrected chi connectivity index (χ3v) is 2.98. The molecule has 0 atom stereocenters. The summed E-state index contributed by atoms with van der Waals surface area (Å²) >= 11 is 5.95. The Balaban J connectivity index is 2.31. The minimum absolute atomic E-state index is 0.722. The van der Waals surface area contributed by atoms with Crippen LogP contribution in [0, 0.1) is 0 Å². The Hall–Kier alpha value is -1.93. The molecule has 3 heteroatoms. The van der Waals surface area contributed by atoms with Crippen molar-refractivity contribution in [3.8, 4) is 11.5 Å². The lowest BCUT2D eigenvalue weighted by Gasteiger charge is -2.07. The fraction of sp³-hybridized carbons (Fsp3) is 0.125. The molecule has 0 unspecified atom stereocenters. The van der Waals surface area contributed by atoms with E-state index in [0.717, 1.165) is 27.6 Å². The highest BCUT2D eigenvalue weighted by molar-refractivity contribution is 6.30. The monoisotopic (exact) mass is 274 g/mol. The van der Waals surface area contributed by atoms with E-state index in [1.807, 2.05) is 54.6 Å². The molecule has 0 spiro atoms. The van der Waals surface area contributed by atoms with E-state index in [0.29, 0.717) is 0 Å². The molecule has 0 bridgehead atoms. The van der Waals surface area contributed by atoms with E-state index >= 15 is 0 Å². The van der Waals surface area contributed by atoms with Gasteiger partial charge in [0.05, 0.1) is 14.2 Å². The summed E-state index contributed by atoms with van der Waals surface area (Å²) in [7, 11) is 3.30. The summed E-state index contributed by atoms with van der Waals surface area (Å²) in [6, 6.07) is 13.4. The van der Waals surface area contributed by atoms with Crippen molar-refractivity contribution in [1.82, 2.24) is 0 Å². The van der Waals surface area contributed by atoms with Gasteiger partial charge in [0.25, 0.3) is 0 Å². The van der Waals surface area contributed by atoms with Gasteiger partial charge in [0.15, 0.2) is 0 Å². The van der Waals surface area contributed by atoms with E-state index in [2.05, 4.69) is 0 Å². The van der Waals surface area contributed by atoms with Gasteiger partial charge in [-0.05, 0) is 35.9 Å². The summed E-state index contributed by atoms with van der Waals surface area (Å²) in [5, 5.41) is 0.722. The number of rotatable bonds is 4. The molecule has 19 heavy (non-hydrogen) atoms. The van der Waals surface area contributed by atoms with Gasteiger partial charge in [-0.2, -0.15) is 0 Å². The van der Waals surface area contributed by atoms with Crippen LogP contribution in [0.15, 0.2) is 42.5 Å². The summed E-state index contributed by atoms with van der Waals surface area (Å²) in [5.74, 6) is 1.60. The van der Waals surface area contributed by atoms with Crippen LogP contribution in [-0.4, -0.2) is 14.2 Å². The fourth-order valence-electron chi connectivity index (χ4n) is 1.77. The molecule has 0 saturated heterocycles. The summed E-state index contributed by atoms with van der Waals surface area (Å²) in [6.45, 7) is 0. The Morgan fingerprint density at radius 3 is 2.47 bits per heavy atom. The SMILES string of the molecule is COc1ccc(OC)c(/C=C/c2cccc(Cl)c2)c1. The molecule has 0 radical (unpaired) electrons. The van der Waals surface area contributed by atoms with Crippen molar-refractivity contribution in [2.24, 2.45) is 0 Å². The van der Waals surface area contributed by atoms with Crippen molar-refractivity contribution >= 4 is 23.8 Å². The van der Waals surface area contributed by atoms with Gasteiger partial charge in [0.1, 0.15) is 11.5 Å². The first kappa shape index (κ1) is 13.5. The zero-order valence-electron chi connectivity index (χ0n) is 10.9. The average Bonchev–Trinajstić information content (AvgIpc) is 2.45. The van der Waals surface area contributed by atoms with Crippen molar-refractivity contribution < 1.29 is 9.47 Å². The maximum absolute atomic E-state index is 5.95. The van der Waals surface area contributed by atoms with Gasteiger partial charge >= 0.3 is 0 Å². The standard InChI is InChI=1S/C16H15ClO2/c1-18-15-8-9-16(19-2)13(11-15)7-6-12-4-3-5-14(17)10-12/h3-11H,1-2H3/b7-6+. The van der Waals surface area contributed by atoms with Gasteiger partial charge in [-0.25, -0.2) is 0 Å². The van der Waals surface area contributed by atoms with E-state index in [4.69, 9.17) is 21.1 Å². The van der Waals surface area contributed by atoms with Crippen LogP contribution in [0.5, 0.6) is 11.5 Å². The van der Waals surface area contributed by atoms with Crippen molar-refractivity contribution in [3.05, 3.63) is 58.6 Å². The minimum Gasteiger partial charge on any atom is -0.497 e. The molecular formula is C16H15ClO2. The molecule has 0 heterocycles. The Morgan fingerprint density at radius 2 is 1.79 bits per heavy atom. The quantitative estimate of drug-likeness (QED) is 0.763. The lowest BCUT2D eigenvalue weighted by molar-refractivity contribution is 0.402. The predicted octanol–water partition coefficient (Wildman–Crippen LogP) is 4.53. The zero-order valence-corrected chi connectivity index (χ0v) is 11.6. The van der Waals surface area contributed by atoms with E-state index in [1.54, 1.807) is 14.2 Å². The Morgan fingerprint density at radius 1 is 0.947 bits per heavy atom. The second-order valence-corrected chi connectivity index (χ2v) is 4.43. The molecule has 0 aliphatic carbocycles. The second kappa shape index (κ2) is 6.30. The highest BCUT2D eigenvalue weighted by Crippen LogP contribution is 2.26. The number of hydrogen-bond donors (Lipinski definition) is 0. The first-order chi connectivity index (χ1) is 9.22. The molecule has 0 aliphatic heterocycles. The zero-order chi connectivity index (χ0) is 13.7.